The van der Waals surface area contributed by atoms with Crippen molar-refractivity contribution in [3.05, 3.63) is 39.4 Å². The summed E-state index contributed by atoms with van der Waals surface area (Å²) in [5.74, 6) is 0.180. The van der Waals surface area contributed by atoms with Crippen LogP contribution in [-0.2, 0) is 6.54 Å². The number of piperazine rings is 1. The maximum atomic E-state index is 12.2. The Labute approximate surface area is 176 Å². The lowest BCUT2D eigenvalue weighted by atomic mass is 10.2. The summed E-state index contributed by atoms with van der Waals surface area (Å²) in [6.07, 6.45) is 0. The first kappa shape index (κ1) is 19.6. The number of tetrazole rings is 1. The van der Waals surface area contributed by atoms with Crippen LogP contribution in [0.25, 0.3) is 5.65 Å². The number of nitrogens with zero attached hydrogens (tertiary/aromatic N) is 7. The first-order valence-corrected chi connectivity index (χ1v) is 9.73. The van der Waals surface area contributed by atoms with Crippen LogP contribution < -0.4 is 16.0 Å². The predicted molar refractivity (Wildman–Crippen MR) is 111 cm³/mol. The molecule has 4 rings (SSSR count). The van der Waals surface area contributed by atoms with Gasteiger partial charge in [0.05, 0.1) is 0 Å². The van der Waals surface area contributed by atoms with Gasteiger partial charge in [-0.3, -0.25) is 4.79 Å². The maximum Gasteiger partial charge on any atom is 0.256 e. The summed E-state index contributed by atoms with van der Waals surface area (Å²) >= 11 is 12.2. The summed E-state index contributed by atoms with van der Waals surface area (Å²) in [4.78, 5) is 21.1. The molecule has 1 saturated heterocycles. The summed E-state index contributed by atoms with van der Waals surface area (Å²) in [6.45, 7) is 3.61. The smallest absolute Gasteiger partial charge is 0.256 e. The molecule has 0 spiro atoms. The number of rotatable bonds is 5. The van der Waals surface area contributed by atoms with Crippen LogP contribution in [0.2, 0.25) is 10.0 Å². The number of benzene rings is 1. The zero-order chi connectivity index (χ0) is 20.5. The fourth-order valence-electron chi connectivity index (χ4n) is 3.20. The molecule has 1 fully saturated rings. The highest BCUT2D eigenvalue weighted by atomic mass is 35.5. The molecule has 12 heteroatoms. The third-order valence-electron chi connectivity index (χ3n) is 4.83. The monoisotopic (exact) mass is 435 g/mol. The number of amides is 1. The second kappa shape index (κ2) is 7.97. The topological polar surface area (TPSA) is 118 Å². The first-order chi connectivity index (χ1) is 13.9. The van der Waals surface area contributed by atoms with Gasteiger partial charge in [0.1, 0.15) is 11.4 Å². The van der Waals surface area contributed by atoms with Crippen LogP contribution in [-0.4, -0.2) is 69.1 Å². The summed E-state index contributed by atoms with van der Waals surface area (Å²) in [6, 6.07) is 5.21. The van der Waals surface area contributed by atoms with Crippen molar-refractivity contribution in [1.29, 1.82) is 0 Å². The van der Waals surface area contributed by atoms with E-state index >= 15 is 0 Å². The summed E-state index contributed by atoms with van der Waals surface area (Å²) in [5, 5.41) is 15.9. The fraction of sp³-hybridized carbons (Fsp3) is 0.353. The number of aromatic nitrogens is 5. The molecule has 3 aromatic rings. The highest BCUT2D eigenvalue weighted by molar-refractivity contribution is 6.35. The molecular formula is C17H19Cl2N9O. The minimum atomic E-state index is -0.674. The summed E-state index contributed by atoms with van der Waals surface area (Å²) in [5.41, 5.74) is 6.79. The lowest BCUT2D eigenvalue weighted by Gasteiger charge is -2.33. The number of anilines is 2. The third kappa shape index (κ3) is 3.91. The van der Waals surface area contributed by atoms with Gasteiger partial charge in [0, 0.05) is 42.8 Å². The number of nitrogens with two attached hydrogens (primary N) is 1. The van der Waals surface area contributed by atoms with Crippen molar-refractivity contribution in [3.8, 4) is 0 Å². The average Bonchev–Trinajstić information content (AvgIpc) is 3.16. The van der Waals surface area contributed by atoms with E-state index in [1.165, 1.54) is 4.52 Å². The molecule has 2 aromatic heterocycles. The molecule has 1 aliphatic rings. The van der Waals surface area contributed by atoms with E-state index < -0.39 is 5.91 Å². The summed E-state index contributed by atoms with van der Waals surface area (Å²) in [7, 11) is 2.07. The lowest BCUT2D eigenvalue weighted by molar-refractivity contribution is 0.100. The summed E-state index contributed by atoms with van der Waals surface area (Å²) < 4.78 is 1.45. The molecule has 1 aromatic carbocycles. The van der Waals surface area contributed by atoms with Gasteiger partial charge >= 0.3 is 0 Å². The Morgan fingerprint density at radius 3 is 2.69 bits per heavy atom. The van der Waals surface area contributed by atoms with Crippen LogP contribution in [0, 0.1) is 0 Å². The number of carbonyl (C=O) groups is 1. The van der Waals surface area contributed by atoms with Crippen LogP contribution in [0.1, 0.15) is 15.9 Å². The molecule has 0 atom stereocenters. The standard InChI is InChI=1S/C17H19Cl2N9O/c1-26-4-6-27(7-5-26)17-22-15(13(14(20)29)16-23-24-25-28(16)17)21-9-10-2-3-11(18)8-12(10)19/h2-3,8,21H,4-7,9H2,1H3,(H2,20,29). The number of fused-ring (bicyclic) bond motifs is 1. The van der Waals surface area contributed by atoms with Gasteiger partial charge in [-0.05, 0) is 35.2 Å². The SMILES string of the molecule is CN1CCN(c2nc(NCc3ccc(Cl)cc3Cl)c(C(N)=O)c3nnnn23)CC1. The molecule has 0 unspecified atom stereocenters. The van der Waals surface area contributed by atoms with Gasteiger partial charge in [-0.1, -0.05) is 29.3 Å². The van der Waals surface area contributed by atoms with Crippen LogP contribution >= 0.6 is 23.2 Å². The molecule has 0 saturated carbocycles. The van der Waals surface area contributed by atoms with Gasteiger partial charge in [0.25, 0.3) is 5.91 Å². The Bertz CT molecular complexity index is 1060. The van der Waals surface area contributed by atoms with Crippen LogP contribution in [0.5, 0.6) is 0 Å². The van der Waals surface area contributed by atoms with Crippen molar-refractivity contribution in [2.75, 3.05) is 43.4 Å². The largest absolute Gasteiger partial charge is 0.365 e. The van der Waals surface area contributed by atoms with E-state index in [-0.39, 0.29) is 11.2 Å². The van der Waals surface area contributed by atoms with E-state index in [1.807, 2.05) is 0 Å². The second-order valence-corrected chi connectivity index (χ2v) is 7.64. The number of nitrogens with one attached hydrogen (secondary N) is 1. The van der Waals surface area contributed by atoms with Crippen molar-refractivity contribution in [1.82, 2.24) is 29.9 Å². The minimum Gasteiger partial charge on any atom is -0.365 e. The molecule has 3 heterocycles. The van der Waals surface area contributed by atoms with Crippen molar-refractivity contribution in [3.63, 3.8) is 0 Å². The van der Waals surface area contributed by atoms with Crippen LogP contribution in [0.4, 0.5) is 11.8 Å². The normalized spacial score (nSPS) is 15.1. The Morgan fingerprint density at radius 1 is 1.24 bits per heavy atom. The predicted octanol–water partition coefficient (Wildman–Crippen LogP) is 1.29. The fourth-order valence-corrected chi connectivity index (χ4v) is 3.67. The van der Waals surface area contributed by atoms with E-state index in [0.717, 1.165) is 31.7 Å². The molecular weight excluding hydrogens is 417 g/mol. The van der Waals surface area contributed by atoms with Gasteiger partial charge in [0.15, 0.2) is 5.65 Å². The number of halogens is 2. The molecule has 1 amide bonds. The van der Waals surface area contributed by atoms with Crippen molar-refractivity contribution < 1.29 is 4.79 Å². The molecule has 0 aliphatic carbocycles. The van der Waals surface area contributed by atoms with Gasteiger partial charge in [-0.25, -0.2) is 0 Å². The third-order valence-corrected chi connectivity index (χ3v) is 5.41. The second-order valence-electron chi connectivity index (χ2n) is 6.79. The van der Waals surface area contributed by atoms with Crippen molar-refractivity contribution in [2.45, 2.75) is 6.54 Å². The average molecular weight is 436 g/mol. The van der Waals surface area contributed by atoms with Crippen LogP contribution in [0.3, 0.4) is 0 Å². The zero-order valence-electron chi connectivity index (χ0n) is 15.6. The first-order valence-electron chi connectivity index (χ1n) is 8.97. The molecule has 29 heavy (non-hydrogen) atoms. The van der Waals surface area contributed by atoms with E-state index in [0.29, 0.717) is 28.4 Å². The molecule has 3 N–H and O–H groups in total. The molecule has 1 aliphatic heterocycles. The van der Waals surface area contributed by atoms with Gasteiger partial charge in [-0.2, -0.15) is 9.50 Å². The maximum absolute atomic E-state index is 12.2. The quantitative estimate of drug-likeness (QED) is 0.615. The number of primary amides is 1. The van der Waals surface area contributed by atoms with E-state index in [2.05, 4.69) is 42.7 Å². The van der Waals surface area contributed by atoms with E-state index in [1.54, 1.807) is 18.2 Å². The Kier molecular flexibility index (Phi) is 5.39. The highest BCUT2D eigenvalue weighted by Crippen LogP contribution is 2.26. The van der Waals surface area contributed by atoms with Gasteiger partial charge in [-0.15, -0.1) is 5.10 Å². The lowest BCUT2D eigenvalue weighted by Crippen LogP contribution is -2.45. The van der Waals surface area contributed by atoms with Gasteiger partial charge in [0.2, 0.25) is 5.95 Å². The Morgan fingerprint density at radius 2 is 2.00 bits per heavy atom. The van der Waals surface area contributed by atoms with Crippen molar-refractivity contribution in [2.24, 2.45) is 5.73 Å². The van der Waals surface area contributed by atoms with E-state index in [4.69, 9.17) is 28.9 Å². The molecule has 0 bridgehead atoms. The van der Waals surface area contributed by atoms with E-state index in [9.17, 15) is 4.79 Å². The molecule has 0 radical (unpaired) electrons. The Hall–Kier alpha value is -2.69. The molecule has 10 nitrogen and oxygen atoms in total. The minimum absolute atomic E-state index is 0.123. The van der Waals surface area contributed by atoms with Crippen molar-refractivity contribution >= 4 is 46.5 Å². The zero-order valence-corrected chi connectivity index (χ0v) is 17.2. The highest BCUT2D eigenvalue weighted by Gasteiger charge is 2.25. The van der Waals surface area contributed by atoms with Crippen LogP contribution in [0.15, 0.2) is 18.2 Å². The van der Waals surface area contributed by atoms with Gasteiger partial charge < -0.3 is 20.9 Å². The number of carbonyl (C=O) groups excluding carboxylic acids is 1. The number of hydrogen-bond donors (Lipinski definition) is 2. The number of hydrogen-bond acceptors (Lipinski definition) is 8. The Balaban J connectivity index is 1.73. The number of likely N-dealkylation sites (N-methyl/N-ethyl adjacent to an activating group) is 1. The molecule has 152 valence electrons.